The van der Waals surface area contributed by atoms with Gasteiger partial charge in [0.1, 0.15) is 18.2 Å². The van der Waals surface area contributed by atoms with Crippen LogP contribution in [0.25, 0.3) is 16.6 Å². The van der Waals surface area contributed by atoms with Gasteiger partial charge in [-0.25, -0.2) is 14.8 Å². The lowest BCUT2D eigenvalue weighted by Gasteiger charge is -2.29. The Kier molecular flexibility index (Phi) is 8.22. The summed E-state index contributed by atoms with van der Waals surface area (Å²) < 4.78 is 19.2. The molecule has 0 aliphatic carbocycles. The number of fused-ring (bicyclic) bond motifs is 1. The van der Waals surface area contributed by atoms with Gasteiger partial charge in [0.15, 0.2) is 5.78 Å². The Morgan fingerprint density at radius 1 is 1.12 bits per heavy atom. The first-order valence-corrected chi connectivity index (χ1v) is 14.4. The van der Waals surface area contributed by atoms with Crippen LogP contribution in [0.3, 0.4) is 0 Å². The molecule has 2 aliphatic rings. The number of Topliss-reactive ketones (excluding diaryl/α,β-unsaturated/α-hetero) is 1. The molecule has 0 bridgehead atoms. The highest BCUT2D eigenvalue weighted by atomic mass is 16.5. The van der Waals surface area contributed by atoms with Crippen LogP contribution in [0.5, 0.6) is 11.6 Å². The monoisotopic (exact) mass is 582 g/mol. The zero-order valence-electron chi connectivity index (χ0n) is 24.3. The molecule has 0 radical (unpaired) electrons. The SMILES string of the molecule is COc1cc(COc2cccc(C3=CCN(Cc4nc5ccc(C(=O)O)cc5n4CC4CCO4)CC3)n2)ccc1C(C)=O. The van der Waals surface area contributed by atoms with E-state index in [0.29, 0.717) is 36.9 Å². The molecule has 0 spiro atoms. The fourth-order valence-corrected chi connectivity index (χ4v) is 5.50. The van der Waals surface area contributed by atoms with E-state index >= 15 is 0 Å². The van der Waals surface area contributed by atoms with Crippen LogP contribution in [0, 0.1) is 0 Å². The summed E-state index contributed by atoms with van der Waals surface area (Å²) in [5.41, 5.74) is 5.35. The maximum atomic E-state index is 11.8. The Morgan fingerprint density at radius 3 is 2.67 bits per heavy atom. The van der Waals surface area contributed by atoms with Crippen LogP contribution < -0.4 is 9.47 Å². The van der Waals surface area contributed by atoms with Crippen molar-refractivity contribution in [2.75, 3.05) is 26.8 Å². The van der Waals surface area contributed by atoms with Crippen molar-refractivity contribution in [2.45, 2.75) is 45.6 Å². The molecule has 1 saturated heterocycles. The van der Waals surface area contributed by atoms with Crippen molar-refractivity contribution in [3.63, 3.8) is 0 Å². The molecular weight excluding hydrogens is 548 g/mol. The van der Waals surface area contributed by atoms with Gasteiger partial charge in [-0.3, -0.25) is 9.69 Å². The zero-order chi connectivity index (χ0) is 29.9. The predicted octanol–water partition coefficient (Wildman–Crippen LogP) is 5.00. The predicted molar refractivity (Wildman–Crippen MR) is 160 cm³/mol. The summed E-state index contributed by atoms with van der Waals surface area (Å²) in [5, 5.41) is 9.51. The molecule has 43 heavy (non-hydrogen) atoms. The first-order valence-electron chi connectivity index (χ1n) is 14.4. The molecule has 222 valence electrons. The number of hydrogen-bond donors (Lipinski definition) is 1. The molecule has 1 fully saturated rings. The molecule has 0 saturated carbocycles. The van der Waals surface area contributed by atoms with E-state index in [0.717, 1.165) is 66.2 Å². The molecule has 1 unspecified atom stereocenters. The van der Waals surface area contributed by atoms with E-state index in [2.05, 4.69) is 15.5 Å². The average molecular weight is 583 g/mol. The van der Waals surface area contributed by atoms with Crippen LogP contribution in [0.2, 0.25) is 0 Å². The van der Waals surface area contributed by atoms with Gasteiger partial charge in [0.05, 0.1) is 54.2 Å². The second kappa shape index (κ2) is 12.4. The number of nitrogens with zero attached hydrogens (tertiary/aromatic N) is 4. The van der Waals surface area contributed by atoms with Gasteiger partial charge in [0.25, 0.3) is 0 Å². The van der Waals surface area contributed by atoms with Crippen molar-refractivity contribution in [3.05, 3.63) is 88.9 Å². The van der Waals surface area contributed by atoms with Crippen molar-refractivity contribution in [1.82, 2.24) is 19.4 Å². The van der Waals surface area contributed by atoms with Crippen LogP contribution in [0.15, 0.2) is 60.7 Å². The first-order chi connectivity index (χ1) is 20.9. The largest absolute Gasteiger partial charge is 0.496 e. The molecule has 0 amide bonds. The summed E-state index contributed by atoms with van der Waals surface area (Å²) in [7, 11) is 1.55. The second-order valence-corrected chi connectivity index (χ2v) is 10.9. The van der Waals surface area contributed by atoms with E-state index in [1.807, 2.05) is 30.3 Å². The van der Waals surface area contributed by atoms with Gasteiger partial charge in [-0.05, 0) is 67.3 Å². The smallest absolute Gasteiger partial charge is 0.335 e. The molecule has 10 nitrogen and oxygen atoms in total. The number of aromatic carboxylic acids is 1. The number of ether oxygens (including phenoxy) is 3. The number of pyridine rings is 1. The topological polar surface area (TPSA) is 116 Å². The molecule has 1 atom stereocenters. The summed E-state index contributed by atoms with van der Waals surface area (Å²) in [6.07, 6.45) is 4.14. The minimum absolute atomic E-state index is 0.0470. The summed E-state index contributed by atoms with van der Waals surface area (Å²) in [5.74, 6) is 0.976. The third kappa shape index (κ3) is 6.30. The number of rotatable bonds is 11. The second-order valence-electron chi connectivity index (χ2n) is 10.9. The Balaban J connectivity index is 1.13. The highest BCUT2D eigenvalue weighted by Gasteiger charge is 2.24. The molecule has 2 aliphatic heterocycles. The van der Waals surface area contributed by atoms with E-state index in [4.69, 9.17) is 24.2 Å². The van der Waals surface area contributed by atoms with Crippen molar-refractivity contribution >= 4 is 28.4 Å². The summed E-state index contributed by atoms with van der Waals surface area (Å²) >= 11 is 0. The third-order valence-corrected chi connectivity index (χ3v) is 8.00. The number of benzene rings is 2. The lowest BCUT2D eigenvalue weighted by molar-refractivity contribution is -0.0591. The van der Waals surface area contributed by atoms with E-state index in [9.17, 15) is 14.7 Å². The Bertz CT molecular complexity index is 1710. The quantitative estimate of drug-likeness (QED) is 0.244. The van der Waals surface area contributed by atoms with Gasteiger partial charge in [-0.1, -0.05) is 18.2 Å². The number of methoxy groups -OCH3 is 1. The fraction of sp³-hybridized carbons (Fsp3) is 0.333. The van der Waals surface area contributed by atoms with Gasteiger partial charge in [-0.2, -0.15) is 0 Å². The average Bonchev–Trinajstić information content (AvgIpc) is 3.33. The Labute approximate surface area is 249 Å². The van der Waals surface area contributed by atoms with Crippen LogP contribution in [-0.4, -0.2) is 69.2 Å². The van der Waals surface area contributed by atoms with Gasteiger partial charge in [0, 0.05) is 25.8 Å². The van der Waals surface area contributed by atoms with Gasteiger partial charge in [0.2, 0.25) is 5.88 Å². The summed E-state index contributed by atoms with van der Waals surface area (Å²) in [6, 6.07) is 16.3. The van der Waals surface area contributed by atoms with Crippen molar-refractivity contribution in [1.29, 1.82) is 0 Å². The number of carboxylic acid groups (broad SMARTS) is 1. The van der Waals surface area contributed by atoms with Gasteiger partial charge < -0.3 is 23.9 Å². The maximum Gasteiger partial charge on any atom is 0.335 e. The van der Waals surface area contributed by atoms with Crippen LogP contribution >= 0.6 is 0 Å². The number of carbonyl (C=O) groups excluding carboxylic acids is 1. The molecule has 10 heteroatoms. The molecular formula is C33H34N4O6. The third-order valence-electron chi connectivity index (χ3n) is 8.00. The molecule has 1 N–H and O–H groups in total. The van der Waals surface area contributed by atoms with E-state index in [-0.39, 0.29) is 17.5 Å². The van der Waals surface area contributed by atoms with Crippen molar-refractivity contribution in [2.24, 2.45) is 0 Å². The summed E-state index contributed by atoms with van der Waals surface area (Å²) in [4.78, 5) is 35.4. The minimum Gasteiger partial charge on any atom is -0.496 e. The number of carboxylic acids is 1. The summed E-state index contributed by atoms with van der Waals surface area (Å²) in [6.45, 7) is 5.47. The highest BCUT2D eigenvalue weighted by molar-refractivity contribution is 5.97. The number of aromatic nitrogens is 3. The van der Waals surface area contributed by atoms with Gasteiger partial charge in [-0.15, -0.1) is 0 Å². The normalized spacial score (nSPS) is 16.9. The molecule has 4 heterocycles. The number of hydrogen-bond acceptors (Lipinski definition) is 8. The number of imidazole rings is 1. The van der Waals surface area contributed by atoms with E-state index in [1.54, 1.807) is 31.4 Å². The lowest BCUT2D eigenvalue weighted by atomic mass is 10.0. The lowest BCUT2D eigenvalue weighted by Crippen LogP contribution is -2.33. The van der Waals surface area contributed by atoms with Crippen LogP contribution in [0.1, 0.15) is 57.6 Å². The Morgan fingerprint density at radius 2 is 1.98 bits per heavy atom. The first kappa shape index (κ1) is 28.6. The van der Waals surface area contributed by atoms with Gasteiger partial charge >= 0.3 is 5.97 Å². The minimum atomic E-state index is -0.948. The van der Waals surface area contributed by atoms with Crippen molar-refractivity contribution in [3.8, 4) is 11.6 Å². The molecule has 2 aromatic carbocycles. The van der Waals surface area contributed by atoms with E-state index in [1.165, 1.54) is 6.92 Å². The molecule has 4 aromatic rings. The number of ketones is 1. The molecule has 6 rings (SSSR count). The van der Waals surface area contributed by atoms with E-state index < -0.39 is 5.97 Å². The standard InChI is InChI=1S/C33H34N4O6/c1-21(38)26-8-6-22(16-30(26)41-2)20-43-32-5-3-4-27(35-32)23-10-13-36(14-11-23)19-31-34-28-9-7-24(33(39)40)17-29(28)37(31)18-25-12-15-42-25/h3-10,16-17,25H,11-15,18-20H2,1-2H3,(H,39,40). The van der Waals surface area contributed by atoms with Crippen LogP contribution in [-0.2, 0) is 24.4 Å². The number of carbonyl (C=O) groups is 2. The van der Waals surface area contributed by atoms with Crippen molar-refractivity contribution < 1.29 is 28.9 Å². The zero-order valence-corrected chi connectivity index (χ0v) is 24.3. The fourth-order valence-electron chi connectivity index (χ4n) is 5.50. The van der Waals surface area contributed by atoms with Crippen LogP contribution in [0.4, 0.5) is 0 Å². The highest BCUT2D eigenvalue weighted by Crippen LogP contribution is 2.27. The Hall–Kier alpha value is -4.54. The molecule has 2 aromatic heterocycles. The maximum absolute atomic E-state index is 11.8.